The first-order chi connectivity index (χ1) is 14.9. The predicted octanol–water partition coefficient (Wildman–Crippen LogP) is 1.79. The number of hydrogen-bond acceptors (Lipinski definition) is 7. The van der Waals surface area contributed by atoms with Gasteiger partial charge in [0, 0.05) is 31.3 Å². The third-order valence-electron chi connectivity index (χ3n) is 5.21. The van der Waals surface area contributed by atoms with E-state index in [4.69, 9.17) is 14.6 Å². The third kappa shape index (κ3) is 5.54. The predicted molar refractivity (Wildman–Crippen MR) is 110 cm³/mol. The van der Waals surface area contributed by atoms with Gasteiger partial charge in [-0.2, -0.15) is 4.31 Å². The number of carboxylic acid groups (broad SMARTS) is 1. The molecule has 1 unspecified atom stereocenters. The summed E-state index contributed by atoms with van der Waals surface area (Å²) in [5.74, 6) is -1.55. The highest BCUT2D eigenvalue weighted by molar-refractivity contribution is 7.89. The Morgan fingerprint density at radius 3 is 2.47 bits per heavy atom. The van der Waals surface area contributed by atoms with E-state index in [0.29, 0.717) is 6.33 Å². The summed E-state index contributed by atoms with van der Waals surface area (Å²) >= 11 is 0. The molecule has 0 aromatic carbocycles. The molecule has 0 bridgehead atoms. The van der Waals surface area contributed by atoms with Crippen LogP contribution in [-0.4, -0.2) is 66.7 Å². The Labute approximate surface area is 185 Å². The van der Waals surface area contributed by atoms with Crippen molar-refractivity contribution in [3.8, 4) is 5.88 Å². The smallest absolute Gasteiger partial charge is 0.407 e. The molecular formula is C20H26FN3O7S. The summed E-state index contributed by atoms with van der Waals surface area (Å²) in [4.78, 5) is 26.6. The number of carbonyl (C=O) groups excluding carboxylic acids is 1. The van der Waals surface area contributed by atoms with Gasteiger partial charge < -0.3 is 19.9 Å². The molecule has 2 fully saturated rings. The third-order valence-corrected chi connectivity index (χ3v) is 7.03. The zero-order valence-corrected chi connectivity index (χ0v) is 18.8. The first-order valence-corrected chi connectivity index (χ1v) is 11.4. The Morgan fingerprint density at radius 2 is 1.97 bits per heavy atom. The van der Waals surface area contributed by atoms with Gasteiger partial charge in [0.15, 0.2) is 0 Å². The highest BCUT2D eigenvalue weighted by Gasteiger charge is 2.61. The number of halogens is 1. The number of fused-ring (bicyclic) bond motifs is 1. The van der Waals surface area contributed by atoms with Gasteiger partial charge >= 0.3 is 12.1 Å². The van der Waals surface area contributed by atoms with Crippen molar-refractivity contribution in [3.63, 3.8) is 0 Å². The van der Waals surface area contributed by atoms with E-state index in [-0.39, 0.29) is 54.4 Å². The van der Waals surface area contributed by atoms with Crippen molar-refractivity contribution in [2.45, 2.75) is 31.3 Å². The number of hydrogen-bond donors (Lipinski definition) is 2. The minimum absolute atomic E-state index is 0.0362. The van der Waals surface area contributed by atoms with Crippen LogP contribution in [-0.2, 0) is 19.6 Å². The molecule has 1 amide bonds. The second kappa shape index (κ2) is 9.02. The van der Waals surface area contributed by atoms with Crippen LogP contribution >= 0.6 is 0 Å². The minimum Gasteiger partial charge on any atom is -0.481 e. The van der Waals surface area contributed by atoms with E-state index in [0.717, 1.165) is 6.20 Å². The summed E-state index contributed by atoms with van der Waals surface area (Å²) in [6.45, 7) is 5.13. The molecule has 1 aromatic heterocycles. The molecule has 3 atom stereocenters. The van der Waals surface area contributed by atoms with Crippen LogP contribution in [0.15, 0.2) is 35.1 Å². The van der Waals surface area contributed by atoms with Crippen LogP contribution in [0.3, 0.4) is 0 Å². The average Bonchev–Trinajstić information content (AvgIpc) is 3.21. The molecule has 2 heterocycles. The normalized spacial score (nSPS) is 23.4. The van der Waals surface area contributed by atoms with Gasteiger partial charge in [-0.3, -0.25) is 4.79 Å². The standard InChI is InChI=1S/C20H26FN3O7S/c1-20(2,3)31-19(27)23-7-12(6-21)11-30-16-5-4-13(8-22-16)32(28,29)24-9-14-15(10-24)17(14)18(25)26/h4-6,8,14-15,17H,7,9-11H2,1-3H3,(H,23,27)(H,25,26)/t14-,15+,17?. The Kier molecular flexibility index (Phi) is 6.75. The molecule has 2 aliphatic rings. The Balaban J connectivity index is 1.50. The molecule has 12 heteroatoms. The van der Waals surface area contributed by atoms with Crippen LogP contribution in [0.4, 0.5) is 9.18 Å². The maximum atomic E-state index is 13.1. The van der Waals surface area contributed by atoms with Crippen molar-refractivity contribution in [1.29, 1.82) is 0 Å². The van der Waals surface area contributed by atoms with E-state index in [1.54, 1.807) is 20.8 Å². The highest BCUT2D eigenvalue weighted by atomic mass is 32.2. The summed E-state index contributed by atoms with van der Waals surface area (Å²) in [5, 5.41) is 11.5. The second-order valence-electron chi connectivity index (χ2n) is 8.76. The lowest BCUT2D eigenvalue weighted by atomic mass is 10.2. The topological polar surface area (TPSA) is 135 Å². The fraction of sp³-hybridized carbons (Fsp3) is 0.550. The molecule has 32 heavy (non-hydrogen) atoms. The van der Waals surface area contributed by atoms with Crippen LogP contribution in [0, 0.1) is 17.8 Å². The van der Waals surface area contributed by atoms with Crippen LogP contribution in [0.25, 0.3) is 0 Å². The number of rotatable bonds is 8. The van der Waals surface area contributed by atoms with Crippen molar-refractivity contribution in [1.82, 2.24) is 14.6 Å². The average molecular weight is 472 g/mol. The van der Waals surface area contributed by atoms with E-state index < -0.39 is 33.6 Å². The summed E-state index contributed by atoms with van der Waals surface area (Å²) in [6.07, 6.45) is 0.749. The number of nitrogens with zero attached hydrogens (tertiary/aromatic N) is 2. The Bertz CT molecular complexity index is 993. The van der Waals surface area contributed by atoms with Gasteiger partial charge in [-0.05, 0) is 38.7 Å². The lowest BCUT2D eigenvalue weighted by Crippen LogP contribution is -2.34. The molecule has 3 rings (SSSR count). The number of aromatic nitrogens is 1. The fourth-order valence-electron chi connectivity index (χ4n) is 3.59. The van der Waals surface area contributed by atoms with Crippen LogP contribution in [0.5, 0.6) is 5.88 Å². The van der Waals surface area contributed by atoms with Crippen molar-refractivity contribution in [2.24, 2.45) is 17.8 Å². The van der Waals surface area contributed by atoms with E-state index in [1.807, 2.05) is 0 Å². The van der Waals surface area contributed by atoms with Gasteiger partial charge in [0.1, 0.15) is 17.1 Å². The Morgan fingerprint density at radius 1 is 1.31 bits per heavy atom. The number of carboxylic acids is 1. The first kappa shape index (κ1) is 23.9. The summed E-state index contributed by atoms with van der Waals surface area (Å²) < 4.78 is 50.3. The molecule has 1 saturated heterocycles. The quantitative estimate of drug-likeness (QED) is 0.586. The number of nitrogens with one attached hydrogen (secondary N) is 1. The Hall–Kier alpha value is -2.73. The number of amides is 1. The van der Waals surface area contributed by atoms with Gasteiger partial charge in [-0.1, -0.05) is 0 Å². The largest absolute Gasteiger partial charge is 0.481 e. The molecule has 1 aliphatic carbocycles. The lowest BCUT2D eigenvalue weighted by molar-refractivity contribution is -0.139. The molecule has 1 saturated carbocycles. The summed E-state index contributed by atoms with van der Waals surface area (Å²) in [6, 6.07) is 2.68. The van der Waals surface area contributed by atoms with Gasteiger partial charge in [-0.15, -0.1) is 0 Å². The van der Waals surface area contributed by atoms with Crippen molar-refractivity contribution < 1.29 is 37.0 Å². The molecular weight excluding hydrogens is 445 g/mol. The number of pyridine rings is 1. The monoisotopic (exact) mass is 471 g/mol. The number of piperidine rings is 1. The van der Waals surface area contributed by atoms with Crippen LogP contribution in [0.1, 0.15) is 20.8 Å². The zero-order chi connectivity index (χ0) is 23.7. The molecule has 1 aromatic rings. The number of alkyl carbamates (subject to hydrolysis) is 1. The molecule has 10 nitrogen and oxygen atoms in total. The molecule has 0 spiro atoms. The van der Waals surface area contributed by atoms with Crippen molar-refractivity contribution in [2.75, 3.05) is 26.2 Å². The molecule has 1 aliphatic heterocycles. The van der Waals surface area contributed by atoms with Crippen LogP contribution < -0.4 is 10.1 Å². The SMILES string of the molecule is CC(C)(C)OC(=O)NCC(=CF)COc1ccc(S(=O)(=O)N2C[C@@H]3C(C(=O)O)[C@@H]3C2)cn1. The minimum atomic E-state index is -3.79. The summed E-state index contributed by atoms with van der Waals surface area (Å²) in [7, 11) is -3.79. The second-order valence-corrected chi connectivity index (χ2v) is 10.7. The number of sulfonamides is 1. The van der Waals surface area contributed by atoms with Gasteiger partial charge in [0.25, 0.3) is 0 Å². The van der Waals surface area contributed by atoms with Crippen molar-refractivity contribution >= 4 is 22.1 Å². The zero-order valence-electron chi connectivity index (χ0n) is 17.9. The maximum Gasteiger partial charge on any atom is 0.407 e. The number of carbonyl (C=O) groups is 2. The fourth-order valence-corrected chi connectivity index (χ4v) is 5.05. The number of aliphatic carboxylic acids is 1. The molecule has 176 valence electrons. The van der Waals surface area contributed by atoms with E-state index in [9.17, 15) is 22.4 Å². The maximum absolute atomic E-state index is 13.1. The van der Waals surface area contributed by atoms with Gasteiger partial charge in [0.05, 0.1) is 18.4 Å². The summed E-state index contributed by atoms with van der Waals surface area (Å²) in [5.41, 5.74) is -0.557. The first-order valence-electron chi connectivity index (χ1n) is 9.99. The number of ether oxygens (including phenoxy) is 2. The van der Waals surface area contributed by atoms with E-state index in [2.05, 4.69) is 10.3 Å². The molecule has 0 radical (unpaired) electrons. The van der Waals surface area contributed by atoms with Gasteiger partial charge in [-0.25, -0.2) is 22.6 Å². The van der Waals surface area contributed by atoms with E-state index in [1.165, 1.54) is 16.4 Å². The van der Waals surface area contributed by atoms with Gasteiger partial charge in [0.2, 0.25) is 15.9 Å². The van der Waals surface area contributed by atoms with Crippen molar-refractivity contribution in [3.05, 3.63) is 30.2 Å². The van der Waals surface area contributed by atoms with E-state index >= 15 is 0 Å². The molecule has 2 N–H and O–H groups in total. The lowest BCUT2D eigenvalue weighted by Gasteiger charge is -2.20. The highest BCUT2D eigenvalue weighted by Crippen LogP contribution is 2.52. The van der Waals surface area contributed by atoms with Crippen LogP contribution in [0.2, 0.25) is 0 Å².